The van der Waals surface area contributed by atoms with Crippen LogP contribution in [0, 0.1) is 5.82 Å². The lowest BCUT2D eigenvalue weighted by molar-refractivity contribution is 0.281. The third kappa shape index (κ3) is 2.12. The van der Waals surface area contributed by atoms with E-state index in [4.69, 9.17) is 5.11 Å². The molecule has 0 unspecified atom stereocenters. The molecule has 0 aliphatic carbocycles. The van der Waals surface area contributed by atoms with Crippen LogP contribution in [0.2, 0.25) is 0 Å². The van der Waals surface area contributed by atoms with Crippen LogP contribution in [0.5, 0.6) is 0 Å². The van der Waals surface area contributed by atoms with Crippen LogP contribution in [-0.2, 0) is 6.61 Å². The molecule has 1 N–H and O–H groups in total. The van der Waals surface area contributed by atoms with Gasteiger partial charge in [0.2, 0.25) is 0 Å². The van der Waals surface area contributed by atoms with Crippen molar-refractivity contribution in [3.63, 3.8) is 0 Å². The first-order valence-corrected chi connectivity index (χ1v) is 6.67. The minimum absolute atomic E-state index is 0.142. The third-order valence-corrected chi connectivity index (χ3v) is 3.73. The van der Waals surface area contributed by atoms with E-state index < -0.39 is 0 Å². The number of hydrogen-bond donors (Lipinski definition) is 1. The van der Waals surface area contributed by atoms with Gasteiger partial charge in [0, 0.05) is 20.1 Å². The molecule has 4 heteroatoms. The predicted octanol–water partition coefficient (Wildman–Crippen LogP) is 2.91. The van der Waals surface area contributed by atoms with E-state index in [-0.39, 0.29) is 12.4 Å². The van der Waals surface area contributed by atoms with E-state index in [1.807, 2.05) is 36.2 Å². The predicted molar refractivity (Wildman–Crippen MR) is 79.0 cm³/mol. The highest BCUT2D eigenvalue weighted by Gasteiger charge is 2.22. The fraction of sp³-hybridized carbons (Fsp3) is 0.250. The number of aliphatic hydroxyl groups is 1. The summed E-state index contributed by atoms with van der Waals surface area (Å²) in [4.78, 5) is 4.16. The number of likely N-dealkylation sites (N-methyl/N-ethyl adjacent to an activating group) is 1. The zero-order valence-corrected chi connectivity index (χ0v) is 11.4. The van der Waals surface area contributed by atoms with Crippen molar-refractivity contribution in [2.75, 3.05) is 29.9 Å². The maximum absolute atomic E-state index is 14.2. The summed E-state index contributed by atoms with van der Waals surface area (Å²) in [5.74, 6) is -0.295. The molecule has 3 nitrogen and oxygen atoms in total. The van der Waals surface area contributed by atoms with E-state index in [2.05, 4.69) is 4.90 Å². The van der Waals surface area contributed by atoms with Gasteiger partial charge in [-0.15, -0.1) is 0 Å². The van der Waals surface area contributed by atoms with E-state index in [0.29, 0.717) is 11.3 Å². The Labute approximate surface area is 117 Å². The first-order valence-electron chi connectivity index (χ1n) is 6.67. The van der Waals surface area contributed by atoms with Crippen LogP contribution in [0.4, 0.5) is 21.5 Å². The molecule has 0 radical (unpaired) electrons. The van der Waals surface area contributed by atoms with Gasteiger partial charge in [-0.05, 0) is 29.8 Å². The molecule has 2 aromatic carbocycles. The molecule has 0 spiro atoms. The molecule has 0 bridgehead atoms. The van der Waals surface area contributed by atoms with Gasteiger partial charge < -0.3 is 14.9 Å². The second-order valence-electron chi connectivity index (χ2n) is 5.01. The summed E-state index contributed by atoms with van der Waals surface area (Å²) in [6, 6.07) is 12.9. The lowest BCUT2D eigenvalue weighted by atomic mass is 10.1. The summed E-state index contributed by atoms with van der Waals surface area (Å²) in [5, 5.41) is 9.07. The molecule has 0 saturated carbocycles. The number of nitrogens with zero attached hydrogens (tertiary/aromatic N) is 2. The van der Waals surface area contributed by atoms with Crippen molar-refractivity contribution in [2.45, 2.75) is 6.61 Å². The van der Waals surface area contributed by atoms with Crippen LogP contribution < -0.4 is 9.80 Å². The van der Waals surface area contributed by atoms with Gasteiger partial charge >= 0.3 is 0 Å². The Kier molecular flexibility index (Phi) is 3.32. The Balaban J connectivity index is 2.05. The summed E-state index contributed by atoms with van der Waals surface area (Å²) in [7, 11) is 2.04. The van der Waals surface area contributed by atoms with Crippen LogP contribution in [0.1, 0.15) is 5.56 Å². The quantitative estimate of drug-likeness (QED) is 0.910. The number of rotatable bonds is 2. The van der Waals surface area contributed by atoms with Gasteiger partial charge in [-0.2, -0.15) is 0 Å². The fourth-order valence-corrected chi connectivity index (χ4v) is 2.62. The topological polar surface area (TPSA) is 26.7 Å². The molecule has 1 aliphatic heterocycles. The summed E-state index contributed by atoms with van der Waals surface area (Å²) >= 11 is 0. The van der Waals surface area contributed by atoms with Crippen molar-refractivity contribution >= 4 is 17.1 Å². The van der Waals surface area contributed by atoms with E-state index in [1.165, 1.54) is 6.07 Å². The van der Waals surface area contributed by atoms with Crippen molar-refractivity contribution in [3.05, 3.63) is 53.8 Å². The molecule has 0 amide bonds. The Morgan fingerprint density at radius 1 is 1.05 bits per heavy atom. The number of benzene rings is 2. The van der Waals surface area contributed by atoms with Crippen LogP contribution in [0.15, 0.2) is 42.5 Å². The Morgan fingerprint density at radius 3 is 2.50 bits per heavy atom. The number of aliphatic hydroxyl groups excluding tert-OH is 1. The summed E-state index contributed by atoms with van der Waals surface area (Å²) in [6.07, 6.45) is 0. The van der Waals surface area contributed by atoms with E-state index in [9.17, 15) is 4.39 Å². The lowest BCUT2D eigenvalue weighted by Gasteiger charge is -2.37. The largest absolute Gasteiger partial charge is 0.392 e. The van der Waals surface area contributed by atoms with E-state index in [1.54, 1.807) is 12.1 Å². The molecule has 2 aromatic rings. The van der Waals surface area contributed by atoms with Crippen LogP contribution >= 0.6 is 0 Å². The van der Waals surface area contributed by atoms with Gasteiger partial charge in [-0.1, -0.05) is 18.2 Å². The van der Waals surface area contributed by atoms with Gasteiger partial charge in [0.1, 0.15) is 5.82 Å². The van der Waals surface area contributed by atoms with Gasteiger partial charge in [0.15, 0.2) is 0 Å². The number of fused-ring (bicyclic) bond motifs is 1. The highest BCUT2D eigenvalue weighted by molar-refractivity contribution is 5.79. The first kappa shape index (κ1) is 12.9. The van der Waals surface area contributed by atoms with Gasteiger partial charge in [-0.25, -0.2) is 4.39 Å². The molecule has 0 fully saturated rings. The fourth-order valence-electron chi connectivity index (χ4n) is 2.62. The first-order chi connectivity index (χ1) is 9.70. The van der Waals surface area contributed by atoms with E-state index in [0.717, 1.165) is 24.5 Å². The van der Waals surface area contributed by atoms with Crippen LogP contribution in [-0.4, -0.2) is 25.2 Å². The minimum Gasteiger partial charge on any atom is -0.392 e. The van der Waals surface area contributed by atoms with Gasteiger partial charge in [0.05, 0.1) is 23.7 Å². The van der Waals surface area contributed by atoms with Crippen molar-refractivity contribution in [3.8, 4) is 0 Å². The van der Waals surface area contributed by atoms with Crippen molar-refractivity contribution in [1.29, 1.82) is 0 Å². The molecular formula is C16H17FN2O. The molecular weight excluding hydrogens is 255 g/mol. The number of anilines is 3. The number of para-hydroxylation sites is 2. The molecule has 1 heterocycles. The average molecular weight is 272 g/mol. The van der Waals surface area contributed by atoms with Gasteiger partial charge in [-0.3, -0.25) is 0 Å². The molecule has 104 valence electrons. The Hall–Kier alpha value is -2.07. The summed E-state index contributed by atoms with van der Waals surface area (Å²) < 4.78 is 14.2. The second kappa shape index (κ2) is 5.13. The van der Waals surface area contributed by atoms with E-state index >= 15 is 0 Å². The molecule has 1 aliphatic rings. The van der Waals surface area contributed by atoms with Gasteiger partial charge in [0.25, 0.3) is 0 Å². The average Bonchev–Trinajstić information content (AvgIpc) is 2.48. The zero-order chi connectivity index (χ0) is 14.1. The number of hydrogen-bond acceptors (Lipinski definition) is 3. The third-order valence-electron chi connectivity index (χ3n) is 3.73. The smallest absolute Gasteiger partial charge is 0.147 e. The van der Waals surface area contributed by atoms with Crippen molar-refractivity contribution < 1.29 is 9.50 Å². The Bertz CT molecular complexity index is 630. The summed E-state index contributed by atoms with van der Waals surface area (Å²) in [5.41, 5.74) is 3.26. The molecule has 20 heavy (non-hydrogen) atoms. The zero-order valence-electron chi connectivity index (χ0n) is 11.4. The van der Waals surface area contributed by atoms with Crippen molar-refractivity contribution in [2.24, 2.45) is 0 Å². The lowest BCUT2D eigenvalue weighted by Crippen LogP contribution is -2.36. The highest BCUT2D eigenvalue weighted by atomic mass is 19.1. The minimum atomic E-state index is -0.295. The maximum Gasteiger partial charge on any atom is 0.147 e. The summed E-state index contributed by atoms with van der Waals surface area (Å²) in [6.45, 7) is 1.44. The Morgan fingerprint density at radius 2 is 1.80 bits per heavy atom. The molecule has 0 saturated heterocycles. The van der Waals surface area contributed by atoms with Crippen LogP contribution in [0.3, 0.4) is 0 Å². The molecule has 0 aromatic heterocycles. The standard InChI is InChI=1S/C16H17FN2O/c1-18-8-9-19(16-5-3-2-4-15(16)18)14-7-6-12(11-20)10-13(14)17/h2-7,10,20H,8-9,11H2,1H3. The monoisotopic (exact) mass is 272 g/mol. The SMILES string of the molecule is CN1CCN(c2ccc(CO)cc2F)c2ccccc21. The second-order valence-corrected chi connectivity index (χ2v) is 5.01. The number of halogens is 1. The van der Waals surface area contributed by atoms with Crippen molar-refractivity contribution in [1.82, 2.24) is 0 Å². The highest BCUT2D eigenvalue weighted by Crippen LogP contribution is 2.37. The van der Waals surface area contributed by atoms with Crippen LogP contribution in [0.25, 0.3) is 0 Å². The molecule has 3 rings (SSSR count). The molecule has 0 atom stereocenters. The maximum atomic E-state index is 14.2. The normalized spacial score (nSPS) is 14.3.